The topological polar surface area (TPSA) is 70.3 Å². The third kappa shape index (κ3) is 2.48. The van der Waals surface area contributed by atoms with E-state index in [9.17, 15) is 5.11 Å². The summed E-state index contributed by atoms with van der Waals surface area (Å²) in [6.07, 6.45) is 0. The van der Waals surface area contributed by atoms with Crippen LogP contribution in [0.25, 0.3) is 0 Å². The van der Waals surface area contributed by atoms with Crippen molar-refractivity contribution in [3.63, 3.8) is 0 Å². The maximum atomic E-state index is 9.54. The Balaban J connectivity index is 2.25. The Morgan fingerprint density at radius 1 is 1.06 bits per heavy atom. The van der Waals surface area contributed by atoms with E-state index in [1.807, 2.05) is 44.3 Å². The third-order valence-corrected chi connectivity index (χ3v) is 2.82. The van der Waals surface area contributed by atoms with E-state index in [1.54, 1.807) is 6.07 Å². The summed E-state index contributed by atoms with van der Waals surface area (Å²) in [7, 11) is 1.88. The first-order chi connectivity index (χ1) is 8.60. The first-order valence-electron chi connectivity index (χ1n) is 5.74. The smallest absolute Gasteiger partial charge is 0.120 e. The molecule has 0 aliphatic rings. The van der Waals surface area contributed by atoms with Crippen LogP contribution in [0.5, 0.6) is 5.75 Å². The first kappa shape index (κ1) is 12.1. The SMILES string of the molecule is CNc1ccc(Nc2cc(C)c(O)cc2N)cc1. The standard InChI is InChI=1S/C14H17N3O/c1-9-7-13(12(15)8-14(9)18)17-11-5-3-10(16-2)4-6-11/h3-8,16-18H,15H2,1-2H3. The molecule has 0 bridgehead atoms. The average Bonchev–Trinajstić information content (AvgIpc) is 2.37. The summed E-state index contributed by atoms with van der Waals surface area (Å²) >= 11 is 0. The van der Waals surface area contributed by atoms with Crippen LogP contribution >= 0.6 is 0 Å². The highest BCUT2D eigenvalue weighted by Crippen LogP contribution is 2.30. The molecule has 0 radical (unpaired) electrons. The summed E-state index contributed by atoms with van der Waals surface area (Å²) in [5.41, 5.74) is 9.97. The lowest BCUT2D eigenvalue weighted by atomic mass is 10.1. The minimum atomic E-state index is 0.212. The van der Waals surface area contributed by atoms with E-state index in [4.69, 9.17) is 5.73 Å². The number of benzene rings is 2. The van der Waals surface area contributed by atoms with Crippen molar-refractivity contribution in [2.45, 2.75) is 6.92 Å². The van der Waals surface area contributed by atoms with E-state index in [1.165, 1.54) is 0 Å². The molecule has 4 nitrogen and oxygen atoms in total. The zero-order chi connectivity index (χ0) is 13.1. The number of hydrogen-bond acceptors (Lipinski definition) is 4. The number of aryl methyl sites for hydroxylation is 1. The molecule has 0 saturated heterocycles. The highest BCUT2D eigenvalue weighted by atomic mass is 16.3. The van der Waals surface area contributed by atoms with Gasteiger partial charge in [-0.3, -0.25) is 0 Å². The van der Waals surface area contributed by atoms with Crippen LogP contribution in [-0.2, 0) is 0 Å². The zero-order valence-corrected chi connectivity index (χ0v) is 10.5. The number of anilines is 4. The second kappa shape index (κ2) is 4.87. The first-order valence-corrected chi connectivity index (χ1v) is 5.74. The van der Waals surface area contributed by atoms with Crippen molar-refractivity contribution in [3.8, 4) is 5.75 Å². The lowest BCUT2D eigenvalue weighted by Gasteiger charge is -2.12. The number of rotatable bonds is 3. The number of phenols is 1. The fourth-order valence-corrected chi connectivity index (χ4v) is 1.70. The van der Waals surface area contributed by atoms with E-state index in [0.717, 1.165) is 22.6 Å². The Morgan fingerprint density at radius 2 is 1.67 bits per heavy atom. The molecule has 18 heavy (non-hydrogen) atoms. The number of phenolic OH excluding ortho intramolecular Hbond substituents is 1. The van der Waals surface area contributed by atoms with Crippen LogP contribution < -0.4 is 16.4 Å². The van der Waals surface area contributed by atoms with Gasteiger partial charge in [-0.25, -0.2) is 0 Å². The average molecular weight is 243 g/mol. The zero-order valence-electron chi connectivity index (χ0n) is 10.5. The van der Waals surface area contributed by atoms with Crippen molar-refractivity contribution in [3.05, 3.63) is 42.0 Å². The van der Waals surface area contributed by atoms with Gasteiger partial charge < -0.3 is 21.5 Å². The maximum Gasteiger partial charge on any atom is 0.120 e. The fraction of sp³-hybridized carbons (Fsp3) is 0.143. The normalized spacial score (nSPS) is 10.1. The molecule has 0 spiro atoms. The quantitative estimate of drug-likeness (QED) is 0.494. The molecule has 5 N–H and O–H groups in total. The van der Waals surface area contributed by atoms with E-state index in [2.05, 4.69) is 10.6 Å². The minimum absolute atomic E-state index is 0.212. The van der Waals surface area contributed by atoms with Crippen LogP contribution in [0.4, 0.5) is 22.7 Å². The van der Waals surface area contributed by atoms with Crippen molar-refractivity contribution in [2.75, 3.05) is 23.4 Å². The van der Waals surface area contributed by atoms with Gasteiger partial charge in [-0.1, -0.05) is 0 Å². The number of nitrogens with one attached hydrogen (secondary N) is 2. The summed E-state index contributed by atoms with van der Waals surface area (Å²) in [4.78, 5) is 0. The summed E-state index contributed by atoms with van der Waals surface area (Å²) in [5, 5.41) is 15.8. The summed E-state index contributed by atoms with van der Waals surface area (Å²) in [6, 6.07) is 11.3. The number of nitrogen functional groups attached to an aromatic ring is 1. The number of nitrogens with two attached hydrogens (primary N) is 1. The summed E-state index contributed by atoms with van der Waals surface area (Å²) < 4.78 is 0. The molecule has 4 heteroatoms. The molecule has 0 fully saturated rings. The van der Waals surface area contributed by atoms with Gasteiger partial charge in [-0.15, -0.1) is 0 Å². The van der Waals surface area contributed by atoms with Crippen molar-refractivity contribution in [1.29, 1.82) is 0 Å². The van der Waals surface area contributed by atoms with Crippen LogP contribution in [0.1, 0.15) is 5.56 Å². The van der Waals surface area contributed by atoms with E-state index in [-0.39, 0.29) is 5.75 Å². The number of aromatic hydroxyl groups is 1. The summed E-state index contributed by atoms with van der Waals surface area (Å²) in [5.74, 6) is 0.212. The molecule has 0 aliphatic carbocycles. The van der Waals surface area contributed by atoms with E-state index in [0.29, 0.717) is 5.69 Å². The van der Waals surface area contributed by atoms with Gasteiger partial charge in [0.15, 0.2) is 0 Å². The van der Waals surface area contributed by atoms with Gasteiger partial charge in [0.25, 0.3) is 0 Å². The van der Waals surface area contributed by atoms with Crippen molar-refractivity contribution < 1.29 is 5.11 Å². The molecule has 94 valence electrons. The van der Waals surface area contributed by atoms with Gasteiger partial charge in [0, 0.05) is 24.5 Å². The highest BCUT2D eigenvalue weighted by molar-refractivity contribution is 5.75. The Kier molecular flexibility index (Phi) is 3.28. The van der Waals surface area contributed by atoms with Crippen LogP contribution in [0.2, 0.25) is 0 Å². The molecule has 2 aromatic carbocycles. The summed E-state index contributed by atoms with van der Waals surface area (Å²) in [6.45, 7) is 1.84. The second-order valence-corrected chi connectivity index (χ2v) is 4.18. The van der Waals surface area contributed by atoms with E-state index < -0.39 is 0 Å². The molecule has 0 heterocycles. The Labute approximate surface area is 106 Å². The van der Waals surface area contributed by atoms with E-state index >= 15 is 0 Å². The largest absolute Gasteiger partial charge is 0.508 e. The molecule has 0 atom stereocenters. The molecule has 0 aromatic heterocycles. The Bertz CT molecular complexity index is 550. The van der Waals surface area contributed by atoms with Crippen molar-refractivity contribution in [1.82, 2.24) is 0 Å². The van der Waals surface area contributed by atoms with Crippen molar-refractivity contribution >= 4 is 22.7 Å². The van der Waals surface area contributed by atoms with Gasteiger partial charge in [0.1, 0.15) is 5.75 Å². The fourth-order valence-electron chi connectivity index (χ4n) is 1.70. The predicted octanol–water partition coefficient (Wildman–Crippen LogP) is 3.07. The molecule has 2 aromatic rings. The molecule has 2 rings (SSSR count). The highest BCUT2D eigenvalue weighted by Gasteiger charge is 2.04. The molecular formula is C14H17N3O. The predicted molar refractivity (Wildman–Crippen MR) is 76.5 cm³/mol. The van der Waals surface area contributed by atoms with Gasteiger partial charge >= 0.3 is 0 Å². The lowest BCUT2D eigenvalue weighted by molar-refractivity contribution is 0.471. The monoisotopic (exact) mass is 243 g/mol. The second-order valence-electron chi connectivity index (χ2n) is 4.18. The molecule has 0 unspecified atom stereocenters. The van der Waals surface area contributed by atoms with Crippen molar-refractivity contribution in [2.24, 2.45) is 0 Å². The van der Waals surface area contributed by atoms with Crippen LogP contribution in [0, 0.1) is 6.92 Å². The number of hydrogen-bond donors (Lipinski definition) is 4. The maximum absolute atomic E-state index is 9.54. The Hall–Kier alpha value is -2.36. The van der Waals surface area contributed by atoms with Gasteiger partial charge in [0.05, 0.1) is 11.4 Å². The lowest BCUT2D eigenvalue weighted by Crippen LogP contribution is -1.97. The van der Waals surface area contributed by atoms with Gasteiger partial charge in [0.2, 0.25) is 0 Å². The van der Waals surface area contributed by atoms with Crippen LogP contribution in [0.15, 0.2) is 36.4 Å². The van der Waals surface area contributed by atoms with Gasteiger partial charge in [-0.2, -0.15) is 0 Å². The minimum Gasteiger partial charge on any atom is -0.508 e. The molecule has 0 aliphatic heterocycles. The van der Waals surface area contributed by atoms with Gasteiger partial charge in [-0.05, 0) is 42.8 Å². The molecule has 0 amide bonds. The molecule has 0 saturated carbocycles. The van der Waals surface area contributed by atoms with Crippen LogP contribution in [0.3, 0.4) is 0 Å². The molecular weight excluding hydrogens is 226 g/mol. The Morgan fingerprint density at radius 3 is 2.28 bits per heavy atom. The van der Waals surface area contributed by atoms with Crippen LogP contribution in [-0.4, -0.2) is 12.2 Å². The third-order valence-electron chi connectivity index (χ3n) is 2.82.